The topological polar surface area (TPSA) is 24.9 Å². The predicted octanol–water partition coefficient (Wildman–Crippen LogP) is 3.20. The van der Waals surface area contributed by atoms with Gasteiger partial charge in [-0.1, -0.05) is 12.1 Å². The number of nitrogens with one attached hydrogen (secondary N) is 1. The fraction of sp³-hybridized carbons (Fsp3) is 0.357. The molecule has 1 aromatic heterocycles. The number of hydrogen-bond acceptors (Lipinski definition) is 3. The maximum absolute atomic E-state index is 13.7. The minimum absolute atomic E-state index is 0.197. The lowest BCUT2D eigenvalue weighted by atomic mass is 10.0. The van der Waals surface area contributed by atoms with Crippen molar-refractivity contribution in [1.82, 2.24) is 10.3 Å². The van der Waals surface area contributed by atoms with Crippen LogP contribution in [-0.2, 0) is 5.41 Å². The van der Waals surface area contributed by atoms with Gasteiger partial charge < -0.3 is 5.32 Å². The van der Waals surface area contributed by atoms with E-state index in [1.807, 2.05) is 13.1 Å². The predicted molar refractivity (Wildman–Crippen MR) is 72.3 cm³/mol. The van der Waals surface area contributed by atoms with Crippen molar-refractivity contribution in [3.8, 4) is 10.6 Å². The van der Waals surface area contributed by atoms with E-state index in [9.17, 15) is 4.39 Å². The standard InChI is InChI=1S/C14H15FN2S/c1-16-9-14(6-7-14)12-8-18-13(17-12)10-4-2-3-5-11(10)15/h2-5,8,16H,6-7,9H2,1H3. The molecule has 2 aromatic rings. The molecule has 18 heavy (non-hydrogen) atoms. The molecule has 1 saturated carbocycles. The summed E-state index contributed by atoms with van der Waals surface area (Å²) in [5.41, 5.74) is 1.92. The van der Waals surface area contributed by atoms with Crippen LogP contribution in [0.2, 0.25) is 0 Å². The summed E-state index contributed by atoms with van der Waals surface area (Å²) in [5.74, 6) is -0.197. The van der Waals surface area contributed by atoms with Gasteiger partial charge in [-0.15, -0.1) is 11.3 Å². The molecule has 1 N–H and O–H groups in total. The summed E-state index contributed by atoms with van der Waals surface area (Å²) in [7, 11) is 1.96. The smallest absolute Gasteiger partial charge is 0.133 e. The second kappa shape index (κ2) is 4.44. The Morgan fingerprint density at radius 3 is 2.83 bits per heavy atom. The summed E-state index contributed by atoms with van der Waals surface area (Å²) in [6.07, 6.45) is 2.35. The van der Waals surface area contributed by atoms with Crippen LogP contribution in [-0.4, -0.2) is 18.6 Å². The average molecular weight is 262 g/mol. The average Bonchev–Trinajstić information content (AvgIpc) is 2.99. The zero-order chi connectivity index (χ0) is 12.6. The fourth-order valence-corrected chi connectivity index (χ4v) is 3.26. The number of nitrogens with zero attached hydrogens (tertiary/aromatic N) is 1. The lowest BCUT2D eigenvalue weighted by Crippen LogP contribution is -2.23. The van der Waals surface area contributed by atoms with Gasteiger partial charge in [-0.3, -0.25) is 0 Å². The highest BCUT2D eigenvalue weighted by Crippen LogP contribution is 2.48. The molecule has 1 heterocycles. The zero-order valence-electron chi connectivity index (χ0n) is 10.2. The summed E-state index contributed by atoms with van der Waals surface area (Å²) in [5, 5.41) is 6.08. The summed E-state index contributed by atoms with van der Waals surface area (Å²) in [6.45, 7) is 0.952. The monoisotopic (exact) mass is 262 g/mol. The van der Waals surface area contributed by atoms with Gasteiger partial charge in [0.05, 0.1) is 5.69 Å². The Morgan fingerprint density at radius 1 is 1.39 bits per heavy atom. The minimum atomic E-state index is -0.197. The third kappa shape index (κ3) is 1.95. The Hall–Kier alpha value is -1.26. The highest BCUT2D eigenvalue weighted by molar-refractivity contribution is 7.13. The van der Waals surface area contributed by atoms with Gasteiger partial charge in [-0.2, -0.15) is 0 Å². The fourth-order valence-electron chi connectivity index (χ4n) is 2.29. The molecule has 0 spiro atoms. The van der Waals surface area contributed by atoms with Crippen LogP contribution >= 0.6 is 11.3 Å². The van der Waals surface area contributed by atoms with Crippen molar-refractivity contribution in [2.24, 2.45) is 0 Å². The van der Waals surface area contributed by atoms with E-state index in [2.05, 4.69) is 15.7 Å². The van der Waals surface area contributed by atoms with Crippen LogP contribution in [0.25, 0.3) is 10.6 Å². The second-order valence-electron chi connectivity index (χ2n) is 4.83. The minimum Gasteiger partial charge on any atom is -0.319 e. The Labute approximate surface area is 110 Å². The van der Waals surface area contributed by atoms with E-state index in [0.29, 0.717) is 5.56 Å². The molecule has 0 amide bonds. The van der Waals surface area contributed by atoms with E-state index in [-0.39, 0.29) is 11.2 Å². The summed E-state index contributed by atoms with van der Waals surface area (Å²) >= 11 is 1.53. The molecule has 0 saturated heterocycles. The third-order valence-corrected chi connectivity index (χ3v) is 4.40. The van der Waals surface area contributed by atoms with Crippen molar-refractivity contribution < 1.29 is 4.39 Å². The van der Waals surface area contributed by atoms with Gasteiger partial charge in [0, 0.05) is 22.9 Å². The maximum Gasteiger partial charge on any atom is 0.133 e. The first kappa shape index (κ1) is 11.8. The number of hydrogen-bond donors (Lipinski definition) is 1. The molecule has 3 rings (SSSR count). The molecule has 2 nitrogen and oxygen atoms in total. The van der Waals surface area contributed by atoms with Crippen molar-refractivity contribution in [3.05, 3.63) is 41.2 Å². The summed E-state index contributed by atoms with van der Waals surface area (Å²) in [4.78, 5) is 4.63. The van der Waals surface area contributed by atoms with E-state index in [0.717, 1.165) is 17.2 Å². The molecule has 1 aromatic carbocycles. The van der Waals surface area contributed by atoms with Crippen LogP contribution in [0, 0.1) is 5.82 Å². The SMILES string of the molecule is CNCC1(c2csc(-c3ccccc3F)n2)CC1. The number of aromatic nitrogens is 1. The van der Waals surface area contributed by atoms with Gasteiger partial charge in [0.25, 0.3) is 0 Å². The van der Waals surface area contributed by atoms with Gasteiger partial charge in [0.2, 0.25) is 0 Å². The number of halogens is 1. The van der Waals surface area contributed by atoms with Crippen LogP contribution in [0.5, 0.6) is 0 Å². The number of rotatable bonds is 4. The number of likely N-dealkylation sites (N-methyl/N-ethyl adjacent to an activating group) is 1. The van der Waals surface area contributed by atoms with Crippen molar-refractivity contribution >= 4 is 11.3 Å². The zero-order valence-corrected chi connectivity index (χ0v) is 11.1. The van der Waals surface area contributed by atoms with Gasteiger partial charge in [-0.25, -0.2) is 9.37 Å². The summed E-state index contributed by atoms with van der Waals surface area (Å²) in [6, 6.07) is 6.82. The Kier molecular flexibility index (Phi) is 2.92. The molecule has 0 aliphatic heterocycles. The van der Waals surface area contributed by atoms with Gasteiger partial charge in [-0.05, 0) is 32.0 Å². The molecule has 4 heteroatoms. The van der Waals surface area contributed by atoms with Crippen LogP contribution in [0.4, 0.5) is 4.39 Å². The summed E-state index contributed by atoms with van der Waals surface area (Å²) < 4.78 is 13.7. The Bertz CT molecular complexity index is 560. The van der Waals surface area contributed by atoms with Crippen LogP contribution in [0.1, 0.15) is 18.5 Å². The number of thiazole rings is 1. The number of benzene rings is 1. The van der Waals surface area contributed by atoms with E-state index < -0.39 is 0 Å². The second-order valence-corrected chi connectivity index (χ2v) is 5.69. The normalized spacial score (nSPS) is 16.8. The Balaban J connectivity index is 1.93. The van der Waals surface area contributed by atoms with E-state index in [4.69, 9.17) is 0 Å². The first-order chi connectivity index (χ1) is 8.75. The van der Waals surface area contributed by atoms with E-state index in [1.54, 1.807) is 12.1 Å². The molecule has 0 radical (unpaired) electrons. The first-order valence-corrected chi connectivity index (χ1v) is 6.99. The van der Waals surface area contributed by atoms with Crippen LogP contribution < -0.4 is 5.32 Å². The molecular formula is C14H15FN2S. The highest BCUT2D eigenvalue weighted by Gasteiger charge is 2.45. The highest BCUT2D eigenvalue weighted by atomic mass is 32.1. The molecule has 1 aliphatic carbocycles. The third-order valence-electron chi connectivity index (χ3n) is 3.52. The molecule has 1 aliphatic rings. The molecular weight excluding hydrogens is 247 g/mol. The van der Waals surface area contributed by atoms with Gasteiger partial charge in [0.15, 0.2) is 0 Å². The van der Waals surface area contributed by atoms with Gasteiger partial charge >= 0.3 is 0 Å². The largest absolute Gasteiger partial charge is 0.319 e. The molecule has 94 valence electrons. The lowest BCUT2D eigenvalue weighted by molar-refractivity contribution is 0.610. The van der Waals surface area contributed by atoms with Crippen molar-refractivity contribution in [3.63, 3.8) is 0 Å². The lowest BCUT2D eigenvalue weighted by Gasteiger charge is -2.10. The van der Waals surface area contributed by atoms with E-state index >= 15 is 0 Å². The molecule has 1 fully saturated rings. The van der Waals surface area contributed by atoms with E-state index in [1.165, 1.54) is 30.2 Å². The molecule has 0 bridgehead atoms. The van der Waals surface area contributed by atoms with Crippen molar-refractivity contribution in [2.75, 3.05) is 13.6 Å². The van der Waals surface area contributed by atoms with Crippen molar-refractivity contribution in [1.29, 1.82) is 0 Å². The Morgan fingerprint density at radius 2 is 2.17 bits per heavy atom. The van der Waals surface area contributed by atoms with Gasteiger partial charge in [0.1, 0.15) is 10.8 Å². The molecule has 0 atom stereocenters. The molecule has 0 unspecified atom stereocenters. The van der Waals surface area contributed by atoms with Crippen LogP contribution in [0.15, 0.2) is 29.6 Å². The quantitative estimate of drug-likeness (QED) is 0.915. The first-order valence-electron chi connectivity index (χ1n) is 6.11. The van der Waals surface area contributed by atoms with Crippen molar-refractivity contribution in [2.45, 2.75) is 18.3 Å². The maximum atomic E-state index is 13.7. The van der Waals surface area contributed by atoms with Crippen LogP contribution in [0.3, 0.4) is 0 Å².